The smallest absolute Gasteiger partial charge is 0.277 e. The van der Waals surface area contributed by atoms with Crippen molar-refractivity contribution in [3.63, 3.8) is 0 Å². The molecule has 8 nitrogen and oxygen atoms in total. The Bertz CT molecular complexity index is 1060. The van der Waals surface area contributed by atoms with Crippen molar-refractivity contribution >= 4 is 29.1 Å². The summed E-state index contributed by atoms with van der Waals surface area (Å²) in [5.74, 6) is -0.0872. The van der Waals surface area contributed by atoms with Gasteiger partial charge in [-0.3, -0.25) is 19.2 Å². The van der Waals surface area contributed by atoms with E-state index in [4.69, 9.17) is 20.8 Å². The predicted octanol–water partition coefficient (Wildman–Crippen LogP) is 2.98. The normalized spacial score (nSPS) is 18.4. The molecule has 0 spiro atoms. The van der Waals surface area contributed by atoms with Crippen molar-refractivity contribution in [3.05, 3.63) is 59.4 Å². The second-order valence-corrected chi connectivity index (χ2v) is 7.63. The first-order chi connectivity index (χ1) is 14.4. The van der Waals surface area contributed by atoms with Gasteiger partial charge >= 0.3 is 0 Å². The number of methoxy groups -OCH3 is 1. The van der Waals surface area contributed by atoms with Gasteiger partial charge in [-0.25, -0.2) is 0 Å². The number of rotatable bonds is 6. The predicted molar refractivity (Wildman–Crippen MR) is 111 cm³/mol. The number of amides is 2. The highest BCUT2D eigenvalue weighted by molar-refractivity contribution is 6.30. The van der Waals surface area contributed by atoms with Crippen LogP contribution in [0.4, 0.5) is 5.69 Å². The number of aromatic nitrogens is 2. The number of carbonyl (C=O) groups excluding carboxylic acids is 2. The van der Waals surface area contributed by atoms with E-state index in [2.05, 4.69) is 10.4 Å². The minimum Gasteiger partial charge on any atom is -0.463 e. The lowest BCUT2D eigenvalue weighted by Crippen LogP contribution is -2.64. The van der Waals surface area contributed by atoms with E-state index >= 15 is 0 Å². The van der Waals surface area contributed by atoms with Crippen LogP contribution in [-0.2, 0) is 16.1 Å². The molecule has 1 N–H and O–H groups in total. The van der Waals surface area contributed by atoms with Gasteiger partial charge in [-0.05, 0) is 43.3 Å². The van der Waals surface area contributed by atoms with Crippen LogP contribution in [-0.4, -0.2) is 47.4 Å². The fourth-order valence-electron chi connectivity index (χ4n) is 3.58. The summed E-state index contributed by atoms with van der Waals surface area (Å²) in [5, 5.41) is 7.90. The zero-order valence-corrected chi connectivity index (χ0v) is 17.3. The zero-order valence-electron chi connectivity index (χ0n) is 16.6. The van der Waals surface area contributed by atoms with E-state index in [1.807, 2.05) is 0 Å². The molecule has 0 saturated carbocycles. The maximum absolute atomic E-state index is 13.5. The molecule has 1 aromatic carbocycles. The largest absolute Gasteiger partial charge is 0.463 e. The molecule has 9 heteroatoms. The van der Waals surface area contributed by atoms with Gasteiger partial charge in [0.2, 0.25) is 5.91 Å². The number of hydrogen-bond acceptors (Lipinski definition) is 5. The second kappa shape index (κ2) is 7.97. The molecule has 2 amide bonds. The van der Waals surface area contributed by atoms with Gasteiger partial charge in [-0.1, -0.05) is 11.6 Å². The highest BCUT2D eigenvalue weighted by Crippen LogP contribution is 2.34. The van der Waals surface area contributed by atoms with E-state index in [1.165, 1.54) is 4.90 Å². The molecule has 4 rings (SSSR count). The van der Waals surface area contributed by atoms with Crippen LogP contribution < -0.4 is 10.2 Å². The summed E-state index contributed by atoms with van der Waals surface area (Å²) in [7, 11) is 1.56. The van der Waals surface area contributed by atoms with E-state index in [0.717, 1.165) is 0 Å². The Kier molecular flexibility index (Phi) is 5.36. The molecular weight excluding hydrogens is 408 g/mol. The molecule has 0 aliphatic carbocycles. The van der Waals surface area contributed by atoms with Crippen LogP contribution in [0.2, 0.25) is 5.02 Å². The summed E-state index contributed by atoms with van der Waals surface area (Å²) in [6.45, 7) is 2.60. The standard InChI is InChI=1S/C21H21ClN4O4/c1-21(20(28)23-9-11-29-2)13-25-17(12-16(24-25)18-4-3-10-30-18)19(27)26(21)15-7-5-14(22)6-8-15/h3-8,10,12H,9,11,13H2,1-2H3,(H,23,28). The first-order valence-electron chi connectivity index (χ1n) is 9.43. The molecule has 0 fully saturated rings. The van der Waals surface area contributed by atoms with E-state index in [-0.39, 0.29) is 18.4 Å². The number of nitrogens with zero attached hydrogens (tertiary/aromatic N) is 3. The lowest BCUT2D eigenvalue weighted by Gasteiger charge is -2.43. The SMILES string of the molecule is COCCNC(=O)C1(C)Cn2nc(-c3ccco3)cc2C(=O)N1c1ccc(Cl)cc1. The number of anilines is 1. The quantitative estimate of drug-likeness (QED) is 0.609. The van der Waals surface area contributed by atoms with Gasteiger partial charge in [0, 0.05) is 30.4 Å². The summed E-state index contributed by atoms with van der Waals surface area (Å²) >= 11 is 6.03. The molecule has 1 unspecified atom stereocenters. The third-order valence-corrected chi connectivity index (χ3v) is 5.34. The maximum Gasteiger partial charge on any atom is 0.277 e. The number of carbonyl (C=O) groups is 2. The average Bonchev–Trinajstić information content (AvgIpc) is 3.39. The third kappa shape index (κ3) is 3.48. The van der Waals surface area contributed by atoms with E-state index in [0.29, 0.717) is 41.0 Å². The van der Waals surface area contributed by atoms with Gasteiger partial charge in [0.25, 0.3) is 5.91 Å². The lowest BCUT2D eigenvalue weighted by atomic mass is 9.94. The Morgan fingerprint density at radius 1 is 1.33 bits per heavy atom. The van der Waals surface area contributed by atoms with Crippen LogP contribution >= 0.6 is 11.6 Å². The van der Waals surface area contributed by atoms with Crippen molar-refractivity contribution in [1.29, 1.82) is 0 Å². The number of hydrogen-bond donors (Lipinski definition) is 1. The molecule has 0 saturated heterocycles. The van der Waals surface area contributed by atoms with Crippen LogP contribution in [0, 0.1) is 0 Å². The van der Waals surface area contributed by atoms with Crippen molar-refractivity contribution < 1.29 is 18.7 Å². The van der Waals surface area contributed by atoms with Crippen LogP contribution in [0.15, 0.2) is 53.1 Å². The van der Waals surface area contributed by atoms with Crippen LogP contribution in [0.3, 0.4) is 0 Å². The highest BCUT2D eigenvalue weighted by Gasteiger charge is 2.48. The number of ether oxygens (including phenoxy) is 1. The number of benzene rings is 1. The van der Waals surface area contributed by atoms with Crippen molar-refractivity contribution in [2.75, 3.05) is 25.2 Å². The summed E-state index contributed by atoms with van der Waals surface area (Å²) < 4.78 is 12.0. The minimum atomic E-state index is -1.21. The first-order valence-corrected chi connectivity index (χ1v) is 9.81. The van der Waals surface area contributed by atoms with E-state index < -0.39 is 5.54 Å². The summed E-state index contributed by atoms with van der Waals surface area (Å²) in [5.41, 5.74) is 0.265. The van der Waals surface area contributed by atoms with Gasteiger partial charge < -0.3 is 14.5 Å². The van der Waals surface area contributed by atoms with Crippen molar-refractivity contribution in [3.8, 4) is 11.5 Å². The second-order valence-electron chi connectivity index (χ2n) is 7.19. The van der Waals surface area contributed by atoms with Gasteiger partial charge in [0.15, 0.2) is 5.76 Å². The Hall–Kier alpha value is -3.10. The Morgan fingerprint density at radius 3 is 2.77 bits per heavy atom. The fraction of sp³-hybridized carbons (Fsp3) is 0.286. The molecule has 1 atom stereocenters. The molecule has 156 valence electrons. The minimum absolute atomic E-state index is 0.177. The zero-order chi connectivity index (χ0) is 21.3. The topological polar surface area (TPSA) is 89.6 Å². The number of nitrogens with one attached hydrogen (secondary N) is 1. The molecule has 0 radical (unpaired) electrons. The average molecular weight is 429 g/mol. The van der Waals surface area contributed by atoms with Gasteiger partial charge in [-0.2, -0.15) is 5.10 Å². The molecule has 1 aliphatic rings. The number of fused-ring (bicyclic) bond motifs is 1. The number of furan rings is 1. The molecule has 3 heterocycles. The molecule has 1 aliphatic heterocycles. The van der Waals surface area contributed by atoms with Crippen LogP contribution in [0.1, 0.15) is 17.4 Å². The van der Waals surface area contributed by atoms with Crippen molar-refractivity contribution in [2.24, 2.45) is 0 Å². The monoisotopic (exact) mass is 428 g/mol. The molecule has 3 aromatic rings. The maximum atomic E-state index is 13.5. The van der Waals surface area contributed by atoms with Crippen LogP contribution in [0.25, 0.3) is 11.5 Å². The number of halogens is 1. The molecular formula is C21H21ClN4O4. The highest BCUT2D eigenvalue weighted by atomic mass is 35.5. The molecule has 2 aromatic heterocycles. The summed E-state index contributed by atoms with van der Waals surface area (Å²) in [6.07, 6.45) is 1.54. The first kappa shape index (κ1) is 20.2. The van der Waals surface area contributed by atoms with E-state index in [9.17, 15) is 9.59 Å². The summed E-state index contributed by atoms with van der Waals surface area (Å²) in [4.78, 5) is 28.2. The Labute approximate surface area is 178 Å². The van der Waals surface area contributed by atoms with Gasteiger partial charge in [0.05, 0.1) is 19.4 Å². The van der Waals surface area contributed by atoms with E-state index in [1.54, 1.807) is 67.4 Å². The molecule has 30 heavy (non-hydrogen) atoms. The van der Waals surface area contributed by atoms with Crippen LogP contribution in [0.5, 0.6) is 0 Å². The van der Waals surface area contributed by atoms with Crippen molar-refractivity contribution in [2.45, 2.75) is 19.0 Å². The van der Waals surface area contributed by atoms with Crippen molar-refractivity contribution in [1.82, 2.24) is 15.1 Å². The fourth-order valence-corrected chi connectivity index (χ4v) is 3.70. The molecule has 0 bridgehead atoms. The van der Waals surface area contributed by atoms with Gasteiger partial charge in [-0.15, -0.1) is 0 Å². The Balaban J connectivity index is 1.77. The lowest BCUT2D eigenvalue weighted by molar-refractivity contribution is -0.126. The summed E-state index contributed by atoms with van der Waals surface area (Å²) in [6, 6.07) is 12.0. The Morgan fingerprint density at radius 2 is 2.10 bits per heavy atom. The van der Waals surface area contributed by atoms with Gasteiger partial charge in [0.1, 0.15) is 16.9 Å². The third-order valence-electron chi connectivity index (χ3n) is 5.09.